The lowest BCUT2D eigenvalue weighted by Gasteiger charge is -2.29. The molecule has 0 saturated heterocycles. The van der Waals surface area contributed by atoms with Gasteiger partial charge in [-0.15, -0.1) is 0 Å². The first kappa shape index (κ1) is 22.7. The van der Waals surface area contributed by atoms with E-state index < -0.39 is 35.0 Å². The summed E-state index contributed by atoms with van der Waals surface area (Å²) in [6, 6.07) is 10.5. The minimum atomic E-state index is -1.13. The van der Waals surface area contributed by atoms with E-state index in [0.717, 1.165) is 28.6 Å². The van der Waals surface area contributed by atoms with Crippen LogP contribution in [0, 0.1) is 11.6 Å². The van der Waals surface area contributed by atoms with Crippen LogP contribution in [0.5, 0.6) is 0 Å². The number of ether oxygens (including phenoxy) is 1. The molecule has 2 N–H and O–H groups in total. The Balaban J connectivity index is 1.88. The molecule has 2 aromatic carbocycles. The molecule has 1 amide bonds. The van der Waals surface area contributed by atoms with E-state index in [9.17, 15) is 23.5 Å². The third-order valence-electron chi connectivity index (χ3n) is 5.72. The molecule has 8 heteroatoms. The fourth-order valence-corrected chi connectivity index (χ4v) is 4.18. The van der Waals surface area contributed by atoms with Crippen molar-refractivity contribution in [1.82, 2.24) is 9.88 Å². The molecule has 1 aliphatic heterocycles. The summed E-state index contributed by atoms with van der Waals surface area (Å²) >= 11 is 0. The van der Waals surface area contributed by atoms with Crippen molar-refractivity contribution < 1.29 is 28.2 Å². The van der Waals surface area contributed by atoms with Gasteiger partial charge in [0.05, 0.1) is 17.9 Å². The minimum absolute atomic E-state index is 0.0483. The number of hydrogen-bond donors (Lipinski definition) is 2. The van der Waals surface area contributed by atoms with Crippen molar-refractivity contribution in [1.29, 1.82) is 0 Å². The van der Waals surface area contributed by atoms with Crippen LogP contribution in [0.4, 0.5) is 8.78 Å². The predicted molar refractivity (Wildman–Crippen MR) is 119 cm³/mol. The Morgan fingerprint density at radius 3 is 2.61 bits per heavy atom. The van der Waals surface area contributed by atoms with Crippen LogP contribution in [0.25, 0.3) is 16.5 Å². The smallest absolute Gasteiger partial charge is 0.342 e. The number of amides is 1. The monoisotopic (exact) mass is 454 g/mol. The topological polar surface area (TPSA) is 82.6 Å². The number of para-hydroxylation sites is 1. The molecule has 1 atom stereocenters. The van der Waals surface area contributed by atoms with E-state index in [4.69, 9.17) is 4.74 Å². The van der Waals surface area contributed by atoms with E-state index in [2.05, 4.69) is 4.98 Å². The predicted octanol–water partition coefficient (Wildman–Crippen LogP) is 4.14. The van der Waals surface area contributed by atoms with Crippen molar-refractivity contribution in [3.63, 3.8) is 0 Å². The van der Waals surface area contributed by atoms with Gasteiger partial charge in [0.15, 0.2) is 11.6 Å². The van der Waals surface area contributed by atoms with Crippen LogP contribution >= 0.6 is 0 Å². The zero-order chi connectivity index (χ0) is 23.9. The highest BCUT2D eigenvalue weighted by Crippen LogP contribution is 2.40. The fourth-order valence-electron chi connectivity index (χ4n) is 4.18. The SMILES string of the molecule is CC(CO)OC(=O)C1=CN(C(=O)c2ccc(F)c(F)c2)CC(C)(C)c2c1[nH]c1ccccc21. The van der Waals surface area contributed by atoms with E-state index in [1.807, 2.05) is 38.1 Å². The Hall–Kier alpha value is -3.52. The van der Waals surface area contributed by atoms with Gasteiger partial charge in [0, 0.05) is 34.6 Å². The first-order chi connectivity index (χ1) is 15.6. The normalized spacial score (nSPS) is 16.1. The van der Waals surface area contributed by atoms with Crippen molar-refractivity contribution in [2.24, 2.45) is 0 Å². The molecule has 1 aromatic heterocycles. The van der Waals surface area contributed by atoms with Crippen LogP contribution < -0.4 is 0 Å². The molecule has 172 valence electrons. The Morgan fingerprint density at radius 2 is 1.91 bits per heavy atom. The lowest BCUT2D eigenvalue weighted by atomic mass is 9.81. The number of fused-ring (bicyclic) bond motifs is 3. The number of carbonyl (C=O) groups is 2. The van der Waals surface area contributed by atoms with Gasteiger partial charge in [-0.1, -0.05) is 32.0 Å². The molecule has 0 radical (unpaired) electrons. The molecule has 1 unspecified atom stereocenters. The van der Waals surface area contributed by atoms with Gasteiger partial charge in [-0.3, -0.25) is 4.79 Å². The van der Waals surface area contributed by atoms with Crippen LogP contribution in [0.15, 0.2) is 48.7 Å². The molecule has 33 heavy (non-hydrogen) atoms. The van der Waals surface area contributed by atoms with Gasteiger partial charge < -0.3 is 19.7 Å². The van der Waals surface area contributed by atoms with E-state index in [1.165, 1.54) is 17.2 Å². The van der Waals surface area contributed by atoms with E-state index >= 15 is 0 Å². The molecule has 2 heterocycles. The molecule has 0 bridgehead atoms. The number of nitrogens with one attached hydrogen (secondary N) is 1. The number of halogens is 2. The van der Waals surface area contributed by atoms with Gasteiger partial charge in [0.25, 0.3) is 5.91 Å². The number of H-pyrrole nitrogens is 1. The standard InChI is InChI=1S/C25H24F2N2O4/c1-14(12-30)33-24(32)17-11-29(23(31)15-8-9-18(26)19(27)10-15)13-25(2,3)21-16-6-4-5-7-20(16)28-22(17)21/h4-11,14,28,30H,12-13H2,1-3H3. The maximum absolute atomic E-state index is 13.8. The van der Waals surface area contributed by atoms with E-state index in [1.54, 1.807) is 6.92 Å². The number of rotatable bonds is 4. The minimum Gasteiger partial charge on any atom is -0.457 e. The number of hydrogen-bond acceptors (Lipinski definition) is 4. The molecule has 0 aliphatic carbocycles. The number of nitrogens with zero attached hydrogens (tertiary/aromatic N) is 1. The largest absolute Gasteiger partial charge is 0.457 e. The lowest BCUT2D eigenvalue weighted by molar-refractivity contribution is -0.142. The summed E-state index contributed by atoms with van der Waals surface area (Å²) in [5.74, 6) is -3.49. The molecular formula is C25H24F2N2O4. The van der Waals surface area contributed by atoms with Gasteiger partial charge in [0.1, 0.15) is 6.10 Å². The summed E-state index contributed by atoms with van der Waals surface area (Å²) in [5, 5.41) is 10.2. The molecule has 0 spiro atoms. The quantitative estimate of drug-likeness (QED) is 0.581. The number of benzene rings is 2. The second-order valence-electron chi connectivity index (χ2n) is 8.81. The summed E-state index contributed by atoms with van der Waals surface area (Å²) < 4.78 is 32.6. The molecule has 6 nitrogen and oxygen atoms in total. The zero-order valence-corrected chi connectivity index (χ0v) is 18.5. The van der Waals surface area contributed by atoms with Crippen molar-refractivity contribution in [2.45, 2.75) is 32.3 Å². The van der Waals surface area contributed by atoms with Crippen LogP contribution in [-0.2, 0) is 14.9 Å². The van der Waals surface area contributed by atoms with Crippen molar-refractivity contribution in [3.05, 3.63) is 77.1 Å². The third kappa shape index (κ3) is 4.14. The number of aliphatic hydroxyl groups is 1. The van der Waals surface area contributed by atoms with E-state index in [0.29, 0.717) is 5.69 Å². The fraction of sp³-hybridized carbons (Fsp3) is 0.280. The van der Waals surface area contributed by atoms with Gasteiger partial charge in [0.2, 0.25) is 0 Å². The van der Waals surface area contributed by atoms with E-state index in [-0.39, 0.29) is 24.3 Å². The first-order valence-electron chi connectivity index (χ1n) is 10.5. The molecule has 3 aromatic rings. The molecule has 1 aliphatic rings. The number of esters is 1. The zero-order valence-electron chi connectivity index (χ0n) is 18.5. The summed E-state index contributed by atoms with van der Waals surface area (Å²) in [4.78, 5) is 31.0. The summed E-state index contributed by atoms with van der Waals surface area (Å²) in [6.07, 6.45) is 0.622. The van der Waals surface area contributed by atoms with Gasteiger partial charge in [-0.2, -0.15) is 0 Å². The highest BCUT2D eigenvalue weighted by molar-refractivity contribution is 6.18. The number of carbonyl (C=O) groups excluding carboxylic acids is 2. The van der Waals surface area contributed by atoms with Crippen molar-refractivity contribution >= 4 is 28.4 Å². The molecule has 0 fully saturated rings. The molecule has 0 saturated carbocycles. The maximum Gasteiger partial charge on any atom is 0.342 e. The molecular weight excluding hydrogens is 430 g/mol. The van der Waals surface area contributed by atoms with Gasteiger partial charge in [-0.05, 0) is 36.8 Å². The van der Waals surface area contributed by atoms with Gasteiger partial charge >= 0.3 is 5.97 Å². The second kappa shape index (κ2) is 8.44. The maximum atomic E-state index is 13.8. The number of aliphatic hydroxyl groups excluding tert-OH is 1. The van der Waals surface area contributed by atoms with Gasteiger partial charge in [-0.25, -0.2) is 13.6 Å². The Labute approximate surface area is 189 Å². The van der Waals surface area contributed by atoms with Crippen LogP contribution in [0.3, 0.4) is 0 Å². The average Bonchev–Trinajstić information content (AvgIpc) is 3.12. The average molecular weight is 454 g/mol. The summed E-state index contributed by atoms with van der Waals surface area (Å²) in [6.45, 7) is 5.25. The molecule has 4 rings (SSSR count). The Bertz CT molecular complexity index is 1280. The lowest BCUT2D eigenvalue weighted by Crippen LogP contribution is -2.37. The number of aromatic nitrogens is 1. The van der Waals surface area contributed by atoms with Crippen molar-refractivity contribution in [2.75, 3.05) is 13.2 Å². The first-order valence-corrected chi connectivity index (χ1v) is 10.5. The highest BCUT2D eigenvalue weighted by Gasteiger charge is 2.37. The Kier molecular flexibility index (Phi) is 5.80. The third-order valence-corrected chi connectivity index (χ3v) is 5.72. The van der Waals surface area contributed by atoms with Crippen LogP contribution in [-0.4, -0.2) is 46.1 Å². The van der Waals surface area contributed by atoms with Crippen LogP contribution in [0.1, 0.15) is 42.4 Å². The summed E-state index contributed by atoms with van der Waals surface area (Å²) in [7, 11) is 0. The van der Waals surface area contributed by atoms with Crippen LogP contribution in [0.2, 0.25) is 0 Å². The van der Waals surface area contributed by atoms with Crippen molar-refractivity contribution in [3.8, 4) is 0 Å². The summed E-state index contributed by atoms with van der Waals surface area (Å²) in [5.41, 5.74) is 1.60. The highest BCUT2D eigenvalue weighted by atomic mass is 19.2. The Morgan fingerprint density at radius 1 is 1.18 bits per heavy atom. The number of aromatic amines is 1. The second-order valence-corrected chi connectivity index (χ2v) is 8.81.